The summed E-state index contributed by atoms with van der Waals surface area (Å²) in [4.78, 5) is 21.5. The first kappa shape index (κ1) is 19.1. The lowest BCUT2D eigenvalue weighted by Crippen LogP contribution is -2.24. The molecule has 0 fully saturated rings. The van der Waals surface area contributed by atoms with Crippen LogP contribution >= 0.6 is 11.8 Å². The maximum absolute atomic E-state index is 12.7. The maximum Gasteiger partial charge on any atom is 0.238 e. The van der Waals surface area contributed by atoms with E-state index in [0.29, 0.717) is 11.5 Å². The fourth-order valence-electron chi connectivity index (χ4n) is 2.95. The topological polar surface area (TPSA) is 90.5 Å². The number of hydrogen-bond acceptors (Lipinski definition) is 6. The first-order chi connectivity index (χ1) is 14.0. The first-order valence-corrected chi connectivity index (χ1v) is 10.2. The van der Waals surface area contributed by atoms with Crippen molar-refractivity contribution in [2.24, 2.45) is 0 Å². The van der Waals surface area contributed by atoms with Gasteiger partial charge in [0.2, 0.25) is 5.91 Å². The van der Waals surface area contributed by atoms with E-state index in [1.165, 1.54) is 18.1 Å². The van der Waals surface area contributed by atoms with Crippen LogP contribution in [0.1, 0.15) is 26.8 Å². The molecule has 9 heteroatoms. The summed E-state index contributed by atoms with van der Waals surface area (Å²) in [7, 11) is 0. The van der Waals surface area contributed by atoms with Gasteiger partial charge in [0.15, 0.2) is 5.65 Å². The number of thioether (sulfide) groups is 1. The number of benzene rings is 1. The molecule has 3 heterocycles. The molecule has 1 atom stereocenters. The number of amides is 1. The quantitative estimate of drug-likeness (QED) is 0.387. The highest BCUT2D eigenvalue weighted by atomic mass is 32.2. The number of rotatable bonds is 6. The monoisotopic (exact) mass is 407 g/mol. The molecular weight excluding hydrogens is 386 g/mol. The minimum atomic E-state index is -0.358. The van der Waals surface area contributed by atoms with Gasteiger partial charge in [0.1, 0.15) is 17.2 Å². The van der Waals surface area contributed by atoms with Gasteiger partial charge in [-0.2, -0.15) is 10.2 Å². The number of hydrogen-bond donors (Lipinski definition) is 1. The van der Waals surface area contributed by atoms with Gasteiger partial charge in [-0.1, -0.05) is 30.0 Å². The van der Waals surface area contributed by atoms with E-state index in [1.807, 2.05) is 51.1 Å². The minimum absolute atomic E-state index is 0.111. The Bertz CT molecular complexity index is 1140. The zero-order chi connectivity index (χ0) is 20.4. The Morgan fingerprint density at radius 1 is 1.07 bits per heavy atom. The second-order valence-electron chi connectivity index (χ2n) is 6.81. The first-order valence-electron chi connectivity index (χ1n) is 9.30. The predicted molar refractivity (Wildman–Crippen MR) is 113 cm³/mol. The molecule has 0 aliphatic heterocycles. The van der Waals surface area contributed by atoms with Gasteiger partial charge in [-0.15, -0.1) is 0 Å². The van der Waals surface area contributed by atoms with Gasteiger partial charge < -0.3 is 5.32 Å². The highest BCUT2D eigenvalue weighted by Gasteiger charge is 2.20. The lowest BCUT2D eigenvalue weighted by molar-refractivity contribution is -0.115. The van der Waals surface area contributed by atoms with Crippen LogP contribution in [0.5, 0.6) is 0 Å². The van der Waals surface area contributed by atoms with Gasteiger partial charge in [-0.25, -0.2) is 19.3 Å². The third-order valence-corrected chi connectivity index (χ3v) is 5.51. The van der Waals surface area contributed by atoms with E-state index in [4.69, 9.17) is 0 Å². The average Bonchev–Trinajstić information content (AvgIpc) is 3.36. The van der Waals surface area contributed by atoms with Crippen molar-refractivity contribution in [3.8, 4) is 5.69 Å². The molecule has 0 aliphatic rings. The SMILES string of the molecule is CC(C)n1nccc1NC(=O)[C@H](C)Sc1ncnc2c1cnn2-c1ccccc1. The highest BCUT2D eigenvalue weighted by Crippen LogP contribution is 2.29. The van der Waals surface area contributed by atoms with Gasteiger partial charge >= 0.3 is 0 Å². The number of para-hydroxylation sites is 1. The third kappa shape index (κ3) is 3.86. The molecule has 4 rings (SSSR count). The molecule has 0 unspecified atom stereocenters. The molecule has 8 nitrogen and oxygen atoms in total. The van der Waals surface area contributed by atoms with E-state index < -0.39 is 0 Å². The number of nitrogens with zero attached hydrogens (tertiary/aromatic N) is 6. The number of fused-ring (bicyclic) bond motifs is 1. The minimum Gasteiger partial charge on any atom is -0.310 e. The second-order valence-corrected chi connectivity index (χ2v) is 8.14. The fraction of sp³-hybridized carbons (Fsp3) is 0.250. The number of anilines is 1. The van der Waals surface area contributed by atoms with Crippen molar-refractivity contribution in [1.82, 2.24) is 29.5 Å². The molecule has 0 saturated carbocycles. The smallest absolute Gasteiger partial charge is 0.238 e. The van der Waals surface area contributed by atoms with Crippen LogP contribution in [-0.2, 0) is 4.79 Å². The summed E-state index contributed by atoms with van der Waals surface area (Å²) in [5, 5.41) is 12.8. The third-order valence-electron chi connectivity index (χ3n) is 4.40. The number of carbonyl (C=O) groups excluding carboxylic acids is 1. The van der Waals surface area contributed by atoms with Crippen LogP contribution in [0, 0.1) is 0 Å². The molecule has 0 saturated heterocycles. The Morgan fingerprint density at radius 3 is 2.62 bits per heavy atom. The van der Waals surface area contributed by atoms with Crippen molar-refractivity contribution >= 4 is 34.5 Å². The predicted octanol–water partition coefficient (Wildman–Crippen LogP) is 3.71. The lowest BCUT2D eigenvalue weighted by Gasteiger charge is -2.14. The molecule has 0 spiro atoms. The van der Waals surface area contributed by atoms with E-state index in [0.717, 1.165) is 16.1 Å². The van der Waals surface area contributed by atoms with E-state index in [9.17, 15) is 4.79 Å². The van der Waals surface area contributed by atoms with Crippen LogP contribution < -0.4 is 5.32 Å². The van der Waals surface area contributed by atoms with Crippen LogP contribution in [0.25, 0.3) is 16.7 Å². The molecule has 0 radical (unpaired) electrons. The molecule has 0 aliphatic carbocycles. The standard InChI is InChI=1S/C20H21N7OS/c1-13(2)26-17(9-10-23-26)25-19(28)14(3)29-20-16-11-24-27(18(16)21-12-22-20)15-7-5-4-6-8-15/h4-14H,1-3H3,(H,25,28)/t14-/m0/s1. The molecule has 0 bridgehead atoms. The van der Waals surface area contributed by atoms with Crippen molar-refractivity contribution in [1.29, 1.82) is 0 Å². The summed E-state index contributed by atoms with van der Waals surface area (Å²) in [6, 6.07) is 11.7. The van der Waals surface area contributed by atoms with Gasteiger partial charge in [0, 0.05) is 12.1 Å². The van der Waals surface area contributed by atoms with Crippen LogP contribution in [0.3, 0.4) is 0 Å². The summed E-state index contributed by atoms with van der Waals surface area (Å²) in [6.45, 7) is 5.89. The molecule has 4 aromatic rings. The summed E-state index contributed by atoms with van der Waals surface area (Å²) in [5.41, 5.74) is 1.63. The Labute approximate surface area is 172 Å². The fourth-order valence-corrected chi connectivity index (χ4v) is 3.83. The van der Waals surface area contributed by atoms with Crippen molar-refractivity contribution in [3.63, 3.8) is 0 Å². The Morgan fingerprint density at radius 2 is 1.86 bits per heavy atom. The zero-order valence-electron chi connectivity index (χ0n) is 16.4. The molecule has 148 valence electrons. The molecule has 29 heavy (non-hydrogen) atoms. The van der Waals surface area contributed by atoms with Crippen LogP contribution in [0.2, 0.25) is 0 Å². The Hall–Kier alpha value is -3.20. The molecule has 1 N–H and O–H groups in total. The highest BCUT2D eigenvalue weighted by molar-refractivity contribution is 8.00. The van der Waals surface area contributed by atoms with Crippen molar-refractivity contribution in [3.05, 3.63) is 55.1 Å². The van der Waals surface area contributed by atoms with Crippen LogP contribution in [0.4, 0.5) is 5.82 Å². The van der Waals surface area contributed by atoms with Gasteiger partial charge in [0.05, 0.1) is 28.7 Å². The Kier molecular flexibility index (Phi) is 5.30. The summed E-state index contributed by atoms with van der Waals surface area (Å²) >= 11 is 1.38. The summed E-state index contributed by atoms with van der Waals surface area (Å²) < 4.78 is 3.55. The van der Waals surface area contributed by atoms with E-state index in [-0.39, 0.29) is 17.2 Å². The zero-order valence-corrected chi connectivity index (χ0v) is 17.2. The van der Waals surface area contributed by atoms with Gasteiger partial charge in [0.25, 0.3) is 0 Å². The lowest BCUT2D eigenvalue weighted by atomic mass is 10.3. The second kappa shape index (κ2) is 8.04. The normalized spacial score (nSPS) is 12.4. The molecule has 3 aromatic heterocycles. The Balaban J connectivity index is 1.55. The van der Waals surface area contributed by atoms with Crippen LogP contribution in [-0.4, -0.2) is 40.7 Å². The largest absolute Gasteiger partial charge is 0.310 e. The average molecular weight is 408 g/mol. The van der Waals surface area contributed by atoms with E-state index in [2.05, 4.69) is 25.5 Å². The van der Waals surface area contributed by atoms with E-state index in [1.54, 1.807) is 27.8 Å². The van der Waals surface area contributed by atoms with Crippen molar-refractivity contribution < 1.29 is 4.79 Å². The molecular formula is C20H21N7OS. The number of aromatic nitrogens is 6. The maximum atomic E-state index is 12.7. The number of carbonyl (C=O) groups is 1. The van der Waals surface area contributed by atoms with Crippen LogP contribution in [0.15, 0.2) is 60.1 Å². The summed E-state index contributed by atoms with van der Waals surface area (Å²) in [5.74, 6) is 0.571. The number of nitrogens with one attached hydrogen (secondary N) is 1. The van der Waals surface area contributed by atoms with Crippen molar-refractivity contribution in [2.45, 2.75) is 37.1 Å². The molecule has 1 amide bonds. The van der Waals surface area contributed by atoms with Gasteiger partial charge in [-0.3, -0.25) is 4.79 Å². The van der Waals surface area contributed by atoms with E-state index >= 15 is 0 Å². The van der Waals surface area contributed by atoms with Gasteiger partial charge in [-0.05, 0) is 32.9 Å². The van der Waals surface area contributed by atoms with Crippen molar-refractivity contribution in [2.75, 3.05) is 5.32 Å². The summed E-state index contributed by atoms with van der Waals surface area (Å²) in [6.07, 6.45) is 4.92. The molecule has 1 aromatic carbocycles.